The highest BCUT2D eigenvalue weighted by molar-refractivity contribution is 6.32. The van der Waals surface area contributed by atoms with E-state index in [-0.39, 0.29) is 23.4 Å². The van der Waals surface area contributed by atoms with Crippen LogP contribution in [-0.2, 0) is 11.2 Å². The van der Waals surface area contributed by atoms with Gasteiger partial charge < -0.3 is 0 Å². The van der Waals surface area contributed by atoms with Crippen molar-refractivity contribution in [2.24, 2.45) is 11.8 Å². The van der Waals surface area contributed by atoms with E-state index < -0.39 is 5.92 Å². The molecule has 0 saturated heterocycles. The number of hydrogen-bond acceptors (Lipinski definition) is 4. The van der Waals surface area contributed by atoms with Crippen LogP contribution in [0, 0.1) is 25.7 Å². The number of carbonyl (C=O) groups is 2. The highest BCUT2D eigenvalue weighted by atomic mass is 16.1. The Morgan fingerprint density at radius 3 is 2.13 bits per heavy atom. The van der Waals surface area contributed by atoms with E-state index in [9.17, 15) is 9.59 Å². The third-order valence-electron chi connectivity index (χ3n) is 10.5. The first kappa shape index (κ1) is 25.8. The van der Waals surface area contributed by atoms with Crippen molar-refractivity contribution in [1.82, 2.24) is 9.97 Å². The molecule has 3 unspecified atom stereocenters. The maximum absolute atomic E-state index is 14.2. The third-order valence-corrected chi connectivity index (χ3v) is 10.5. The Morgan fingerprint density at radius 2 is 1.39 bits per heavy atom. The topological polar surface area (TPSA) is 59.9 Å². The number of hydrogen-bond donors (Lipinski definition) is 0. The summed E-state index contributed by atoms with van der Waals surface area (Å²) < 4.78 is 0. The molecule has 0 radical (unpaired) electrons. The van der Waals surface area contributed by atoms with Gasteiger partial charge in [-0.05, 0) is 53.8 Å². The van der Waals surface area contributed by atoms with Gasteiger partial charge in [-0.1, -0.05) is 102 Å². The monoisotopic (exact) mass is 592 g/mol. The minimum atomic E-state index is -0.392. The summed E-state index contributed by atoms with van der Waals surface area (Å²) in [7, 11) is 0. The molecule has 0 saturated carbocycles. The standard InChI is InChI=1S/C42H28N2O2/c1-21-3-7-23(8-4-21)25-11-13-27-31(19-25)41(45)29-15-17-34-37-35(29)39(27)43-33-18-16-30-36(38(33)37)40(44-34)28-14-12-26(20-32(28)42(30)46)24-9-5-22(2)6-10-24/h3-17,19-20,28,31-32H,18H2,1-2H3. The minimum absolute atomic E-state index is 0.0832. The van der Waals surface area contributed by atoms with E-state index in [4.69, 9.17) is 9.97 Å². The average Bonchev–Trinajstić information content (AvgIpc) is 3.09. The zero-order chi connectivity index (χ0) is 30.8. The van der Waals surface area contributed by atoms with Crippen molar-refractivity contribution in [2.45, 2.75) is 26.2 Å². The molecule has 0 N–H and O–H groups in total. The number of aromatic nitrogens is 2. The maximum Gasteiger partial charge on any atom is 0.174 e. The first-order valence-electron chi connectivity index (χ1n) is 16.0. The van der Waals surface area contributed by atoms with Gasteiger partial charge in [-0.3, -0.25) is 19.6 Å². The molecule has 5 aliphatic rings. The van der Waals surface area contributed by atoms with Gasteiger partial charge in [-0.25, -0.2) is 0 Å². The van der Waals surface area contributed by atoms with E-state index in [1.165, 1.54) is 11.1 Å². The van der Waals surface area contributed by atoms with E-state index in [1.807, 2.05) is 12.1 Å². The lowest BCUT2D eigenvalue weighted by Crippen LogP contribution is -2.33. The van der Waals surface area contributed by atoms with Crippen LogP contribution >= 0.6 is 0 Å². The summed E-state index contributed by atoms with van der Waals surface area (Å²) in [6, 6.07) is 20.8. The molecule has 5 aliphatic carbocycles. The van der Waals surface area contributed by atoms with Crippen LogP contribution in [-0.4, -0.2) is 21.5 Å². The van der Waals surface area contributed by atoms with E-state index in [1.54, 1.807) is 0 Å². The highest BCUT2D eigenvalue weighted by Gasteiger charge is 2.43. The molecular weight excluding hydrogens is 564 g/mol. The van der Waals surface area contributed by atoms with Gasteiger partial charge >= 0.3 is 0 Å². The van der Waals surface area contributed by atoms with Gasteiger partial charge in [-0.2, -0.15) is 0 Å². The van der Waals surface area contributed by atoms with Crippen LogP contribution in [0.5, 0.6) is 0 Å². The normalized spacial score (nSPS) is 22.1. The van der Waals surface area contributed by atoms with Crippen LogP contribution in [0.2, 0.25) is 0 Å². The fraction of sp³-hybridized carbons (Fsp3) is 0.143. The Morgan fingerprint density at radius 1 is 0.674 bits per heavy atom. The van der Waals surface area contributed by atoms with Gasteiger partial charge in [0.05, 0.1) is 34.1 Å². The molecule has 0 fully saturated rings. The lowest BCUT2D eigenvalue weighted by Gasteiger charge is -2.35. The van der Waals surface area contributed by atoms with Crippen molar-refractivity contribution in [3.8, 4) is 0 Å². The lowest BCUT2D eigenvalue weighted by molar-refractivity contribution is -0.116. The molecular formula is C42H28N2O2. The van der Waals surface area contributed by atoms with Crippen LogP contribution in [0.25, 0.3) is 44.0 Å². The number of pyridine rings is 2. The number of ketones is 2. The summed E-state index contributed by atoms with van der Waals surface area (Å²) >= 11 is 0. The van der Waals surface area contributed by atoms with Gasteiger partial charge in [0.25, 0.3) is 0 Å². The molecule has 4 nitrogen and oxygen atoms in total. The predicted molar refractivity (Wildman–Crippen MR) is 183 cm³/mol. The van der Waals surface area contributed by atoms with Crippen LogP contribution in [0.1, 0.15) is 55.5 Å². The fourth-order valence-corrected chi connectivity index (χ4v) is 8.21. The maximum atomic E-state index is 14.2. The number of fused-ring (bicyclic) bond motifs is 3. The molecule has 3 aromatic carbocycles. The molecule has 4 heteroatoms. The molecule has 3 atom stereocenters. The van der Waals surface area contributed by atoms with Crippen LogP contribution in [0.3, 0.4) is 0 Å². The minimum Gasteiger partial charge on any atom is -0.293 e. The molecule has 46 heavy (non-hydrogen) atoms. The quantitative estimate of drug-likeness (QED) is 0.212. The Kier molecular flexibility index (Phi) is 5.07. The summed E-state index contributed by atoms with van der Waals surface area (Å²) in [6.07, 6.45) is 15.3. The zero-order valence-corrected chi connectivity index (χ0v) is 25.5. The highest BCUT2D eigenvalue weighted by Crippen LogP contribution is 2.50. The van der Waals surface area contributed by atoms with E-state index in [0.717, 1.165) is 77.4 Å². The zero-order valence-electron chi connectivity index (χ0n) is 25.5. The van der Waals surface area contributed by atoms with Gasteiger partial charge in [0, 0.05) is 45.2 Å². The number of aryl methyl sites for hydroxylation is 2. The number of rotatable bonds is 2. The molecule has 218 valence electrons. The molecule has 0 bridgehead atoms. The van der Waals surface area contributed by atoms with Crippen molar-refractivity contribution < 1.29 is 9.59 Å². The lowest BCUT2D eigenvalue weighted by atomic mass is 9.68. The van der Waals surface area contributed by atoms with Gasteiger partial charge in [0.1, 0.15) is 0 Å². The summed E-state index contributed by atoms with van der Waals surface area (Å²) in [5.41, 5.74) is 12.8. The third kappa shape index (κ3) is 3.39. The van der Waals surface area contributed by atoms with Crippen LogP contribution in [0.4, 0.5) is 0 Å². The first-order valence-corrected chi connectivity index (χ1v) is 16.0. The molecule has 0 spiro atoms. The molecule has 2 heterocycles. The SMILES string of the molecule is Cc1ccc(C2=CC3C(=O)c4ccc5nc6c7c8c(nc(c4c58)=C3C=C2)CC=C7C(=O)C2C=C(c3ccc(C)cc3)C=CC62)cc1. The van der Waals surface area contributed by atoms with Gasteiger partial charge in [-0.15, -0.1) is 0 Å². The van der Waals surface area contributed by atoms with Crippen LogP contribution in [0.15, 0.2) is 103 Å². The number of carbonyl (C=O) groups excluding carboxylic acids is 2. The van der Waals surface area contributed by atoms with Crippen molar-refractivity contribution in [3.63, 3.8) is 0 Å². The second-order valence-corrected chi connectivity index (χ2v) is 13.2. The summed E-state index contributed by atoms with van der Waals surface area (Å²) in [5.74, 6) is -0.630. The van der Waals surface area contributed by atoms with Crippen molar-refractivity contribution >= 4 is 55.5 Å². The van der Waals surface area contributed by atoms with Crippen molar-refractivity contribution in [1.29, 1.82) is 0 Å². The van der Waals surface area contributed by atoms with Gasteiger partial charge in [0.2, 0.25) is 0 Å². The second kappa shape index (κ2) is 9.04. The largest absolute Gasteiger partial charge is 0.293 e. The number of Topliss-reactive ketones (excluding diaryl/α,β-unsaturated/α-hetero) is 2. The van der Waals surface area contributed by atoms with Crippen molar-refractivity contribution in [3.05, 3.63) is 153 Å². The Bertz CT molecular complexity index is 2490. The Hall–Kier alpha value is -5.48. The summed E-state index contributed by atoms with van der Waals surface area (Å²) in [5, 5.41) is 3.69. The van der Waals surface area contributed by atoms with E-state index in [2.05, 4.69) is 105 Å². The number of benzene rings is 3. The van der Waals surface area contributed by atoms with Gasteiger partial charge in [0.15, 0.2) is 11.6 Å². The number of allylic oxidation sites excluding steroid dienone is 10. The predicted octanol–water partition coefficient (Wildman–Crippen LogP) is 7.61. The second-order valence-electron chi connectivity index (χ2n) is 13.2. The average molecular weight is 593 g/mol. The molecule has 0 amide bonds. The summed E-state index contributed by atoms with van der Waals surface area (Å²) in [6.45, 7) is 4.16. The fourth-order valence-electron chi connectivity index (χ4n) is 8.21. The smallest absolute Gasteiger partial charge is 0.174 e. The molecule has 0 aliphatic heterocycles. The van der Waals surface area contributed by atoms with E-state index >= 15 is 0 Å². The molecule has 5 aromatic rings. The Labute approximate surface area is 265 Å². The first-order chi connectivity index (χ1) is 22.4. The molecule has 2 aromatic heterocycles. The molecule has 10 rings (SSSR count). The van der Waals surface area contributed by atoms with E-state index in [0.29, 0.717) is 12.0 Å². The summed E-state index contributed by atoms with van der Waals surface area (Å²) in [4.78, 5) is 39.0. The van der Waals surface area contributed by atoms with Crippen LogP contribution < -0.4 is 5.35 Å². The Balaban J connectivity index is 1.18. The number of nitrogens with zero attached hydrogens (tertiary/aromatic N) is 2. The van der Waals surface area contributed by atoms with Crippen molar-refractivity contribution in [2.75, 3.05) is 0 Å².